The number of benzene rings is 1. The van der Waals surface area contributed by atoms with Crippen molar-refractivity contribution in [2.45, 2.75) is 52.1 Å². The summed E-state index contributed by atoms with van der Waals surface area (Å²) in [4.78, 5) is 38.9. The molecule has 4 aromatic rings. The molecule has 0 fully saturated rings. The maximum absolute atomic E-state index is 13.2. The number of anilines is 2. The van der Waals surface area contributed by atoms with E-state index in [1.165, 1.54) is 23.8 Å². The van der Waals surface area contributed by atoms with Crippen LogP contribution in [0.4, 0.5) is 11.4 Å². The van der Waals surface area contributed by atoms with Gasteiger partial charge in [-0.3, -0.25) is 9.59 Å². The standard InChI is InChI=1S/C24H26N8O2/c1-15-12-19(21-22(27-15)31-11-5-3-4-6-20(31)30-21)24(34)29-18-9-7-17(8-10-18)28-23(33)16(2)32-14-25-13-26-32/h7-10,12-14,16H,3-6,11H2,1-2H3,(H,28,33)(H,29,34). The molecule has 5 rings (SSSR count). The molecule has 0 aliphatic carbocycles. The first-order valence-corrected chi connectivity index (χ1v) is 11.4. The lowest BCUT2D eigenvalue weighted by atomic mass is 10.1. The number of carbonyl (C=O) groups excluding carboxylic acids is 2. The van der Waals surface area contributed by atoms with Crippen molar-refractivity contribution in [1.82, 2.24) is 29.3 Å². The Hall–Kier alpha value is -4.08. The van der Waals surface area contributed by atoms with Crippen LogP contribution in [0.25, 0.3) is 11.2 Å². The van der Waals surface area contributed by atoms with Crippen molar-refractivity contribution in [1.29, 1.82) is 0 Å². The van der Waals surface area contributed by atoms with E-state index in [2.05, 4.69) is 30.3 Å². The van der Waals surface area contributed by atoms with Crippen molar-refractivity contribution < 1.29 is 9.59 Å². The van der Waals surface area contributed by atoms with Crippen LogP contribution in [0.5, 0.6) is 0 Å². The molecule has 0 bridgehead atoms. The van der Waals surface area contributed by atoms with Gasteiger partial charge in [0.15, 0.2) is 5.65 Å². The molecule has 10 nitrogen and oxygen atoms in total. The first kappa shape index (κ1) is 21.7. The van der Waals surface area contributed by atoms with Crippen LogP contribution in [0.1, 0.15) is 54.1 Å². The summed E-state index contributed by atoms with van der Waals surface area (Å²) in [6, 6.07) is 8.28. The van der Waals surface area contributed by atoms with Gasteiger partial charge < -0.3 is 15.2 Å². The molecule has 34 heavy (non-hydrogen) atoms. The highest BCUT2D eigenvalue weighted by Gasteiger charge is 2.21. The fraction of sp³-hybridized carbons (Fsp3) is 0.333. The van der Waals surface area contributed by atoms with Gasteiger partial charge in [-0.1, -0.05) is 6.42 Å². The van der Waals surface area contributed by atoms with E-state index >= 15 is 0 Å². The van der Waals surface area contributed by atoms with Crippen LogP contribution in [0.15, 0.2) is 43.0 Å². The van der Waals surface area contributed by atoms with Crippen LogP contribution in [-0.2, 0) is 17.8 Å². The second-order valence-electron chi connectivity index (χ2n) is 8.55. The van der Waals surface area contributed by atoms with Gasteiger partial charge in [-0.2, -0.15) is 5.10 Å². The Balaban J connectivity index is 1.32. The smallest absolute Gasteiger partial charge is 0.258 e. The summed E-state index contributed by atoms with van der Waals surface area (Å²) >= 11 is 0. The lowest BCUT2D eigenvalue weighted by molar-refractivity contribution is -0.119. The molecule has 10 heteroatoms. The predicted octanol–water partition coefficient (Wildman–Crippen LogP) is 3.51. The first-order valence-electron chi connectivity index (χ1n) is 11.4. The van der Waals surface area contributed by atoms with E-state index in [9.17, 15) is 9.59 Å². The zero-order chi connectivity index (χ0) is 23.7. The maximum Gasteiger partial charge on any atom is 0.258 e. The molecule has 3 aromatic heterocycles. The van der Waals surface area contributed by atoms with Crippen LogP contribution in [-0.4, -0.2) is 41.1 Å². The average Bonchev–Trinajstić information content (AvgIpc) is 3.42. The SMILES string of the molecule is Cc1cc(C(=O)Nc2ccc(NC(=O)C(C)n3cncn3)cc2)c2nc3n(c2n1)CCCCC3. The molecule has 0 spiro atoms. The van der Waals surface area contributed by atoms with Gasteiger partial charge in [-0.05, 0) is 57.0 Å². The molecule has 0 radical (unpaired) electrons. The Morgan fingerprint density at radius 3 is 2.53 bits per heavy atom. The molecule has 0 saturated carbocycles. The number of aromatic nitrogens is 6. The van der Waals surface area contributed by atoms with Crippen LogP contribution >= 0.6 is 0 Å². The van der Waals surface area contributed by atoms with Gasteiger partial charge in [0.25, 0.3) is 5.91 Å². The topological polar surface area (TPSA) is 120 Å². The number of carbonyl (C=O) groups is 2. The van der Waals surface area contributed by atoms with Gasteiger partial charge in [0, 0.05) is 30.0 Å². The summed E-state index contributed by atoms with van der Waals surface area (Å²) in [5.74, 6) is 0.553. The Labute approximate surface area is 196 Å². The number of pyridine rings is 1. The number of nitrogens with zero attached hydrogens (tertiary/aromatic N) is 6. The molecular formula is C24H26N8O2. The minimum absolute atomic E-state index is 0.212. The summed E-state index contributed by atoms with van der Waals surface area (Å²) in [5.41, 5.74) is 3.96. The van der Waals surface area contributed by atoms with Gasteiger partial charge >= 0.3 is 0 Å². The normalized spacial score (nSPS) is 14.3. The number of fused-ring (bicyclic) bond motifs is 3. The maximum atomic E-state index is 13.2. The van der Waals surface area contributed by atoms with E-state index in [-0.39, 0.29) is 11.8 Å². The second kappa shape index (κ2) is 9.05. The number of rotatable bonds is 5. The monoisotopic (exact) mass is 458 g/mol. The molecule has 0 saturated heterocycles. The van der Waals surface area contributed by atoms with E-state index in [0.717, 1.165) is 43.0 Å². The highest BCUT2D eigenvalue weighted by Crippen LogP contribution is 2.25. The van der Waals surface area contributed by atoms with Crippen molar-refractivity contribution in [2.24, 2.45) is 0 Å². The van der Waals surface area contributed by atoms with E-state index in [1.54, 1.807) is 37.3 Å². The molecule has 174 valence electrons. The zero-order valence-corrected chi connectivity index (χ0v) is 19.2. The quantitative estimate of drug-likeness (QED) is 0.472. The summed E-state index contributed by atoms with van der Waals surface area (Å²) < 4.78 is 3.64. The fourth-order valence-electron chi connectivity index (χ4n) is 4.21. The molecule has 2 amide bonds. The largest absolute Gasteiger partial charge is 0.324 e. The van der Waals surface area contributed by atoms with Crippen LogP contribution in [0.3, 0.4) is 0 Å². The van der Waals surface area contributed by atoms with Crippen LogP contribution in [0, 0.1) is 6.92 Å². The van der Waals surface area contributed by atoms with Crippen molar-refractivity contribution in [3.05, 3.63) is 60.1 Å². The molecule has 1 unspecified atom stereocenters. The second-order valence-corrected chi connectivity index (χ2v) is 8.55. The van der Waals surface area contributed by atoms with E-state index in [1.807, 2.05) is 6.92 Å². The van der Waals surface area contributed by atoms with Crippen molar-refractivity contribution in [3.8, 4) is 0 Å². The van der Waals surface area contributed by atoms with Crippen molar-refractivity contribution in [2.75, 3.05) is 10.6 Å². The number of imidazole rings is 1. The Morgan fingerprint density at radius 1 is 1.03 bits per heavy atom. The average molecular weight is 459 g/mol. The molecular weight excluding hydrogens is 432 g/mol. The van der Waals surface area contributed by atoms with E-state index in [4.69, 9.17) is 4.98 Å². The van der Waals surface area contributed by atoms with E-state index < -0.39 is 6.04 Å². The Kier molecular flexibility index (Phi) is 5.79. The number of hydrogen-bond donors (Lipinski definition) is 2. The molecule has 1 aromatic carbocycles. The third kappa shape index (κ3) is 4.26. The van der Waals surface area contributed by atoms with Crippen LogP contribution in [0.2, 0.25) is 0 Å². The summed E-state index contributed by atoms with van der Waals surface area (Å²) in [7, 11) is 0. The van der Waals surface area contributed by atoms with Crippen LogP contribution < -0.4 is 10.6 Å². The molecule has 1 aliphatic heterocycles. The molecule has 2 N–H and O–H groups in total. The lowest BCUT2D eigenvalue weighted by Crippen LogP contribution is -2.24. The van der Waals surface area contributed by atoms with Gasteiger partial charge in [0.2, 0.25) is 5.91 Å². The molecule has 1 aliphatic rings. The summed E-state index contributed by atoms with van der Waals surface area (Å²) in [6.07, 6.45) is 7.16. The van der Waals surface area contributed by atoms with Gasteiger partial charge in [-0.25, -0.2) is 19.6 Å². The lowest BCUT2D eigenvalue weighted by Gasteiger charge is -2.13. The zero-order valence-electron chi connectivity index (χ0n) is 19.2. The van der Waals surface area contributed by atoms with Gasteiger partial charge in [0.05, 0.1) is 5.56 Å². The van der Waals surface area contributed by atoms with Crippen molar-refractivity contribution in [3.63, 3.8) is 0 Å². The van der Waals surface area contributed by atoms with E-state index in [0.29, 0.717) is 22.5 Å². The highest BCUT2D eigenvalue weighted by atomic mass is 16.2. The molecule has 1 atom stereocenters. The number of aryl methyl sites for hydroxylation is 3. The van der Waals surface area contributed by atoms with Gasteiger partial charge in [0.1, 0.15) is 30.0 Å². The Morgan fingerprint density at radius 2 is 1.79 bits per heavy atom. The number of nitrogens with one attached hydrogen (secondary N) is 2. The number of hydrogen-bond acceptors (Lipinski definition) is 6. The van der Waals surface area contributed by atoms with Crippen molar-refractivity contribution >= 4 is 34.4 Å². The first-order chi connectivity index (χ1) is 16.5. The third-order valence-corrected chi connectivity index (χ3v) is 6.06. The fourth-order valence-corrected chi connectivity index (χ4v) is 4.21. The minimum atomic E-state index is -0.496. The number of amides is 2. The Bertz CT molecular complexity index is 1340. The summed E-state index contributed by atoms with van der Waals surface area (Å²) in [6.45, 7) is 4.52. The molecule has 4 heterocycles. The summed E-state index contributed by atoms with van der Waals surface area (Å²) in [5, 5.41) is 9.78. The third-order valence-electron chi connectivity index (χ3n) is 6.06. The predicted molar refractivity (Wildman–Crippen MR) is 128 cm³/mol. The van der Waals surface area contributed by atoms with Gasteiger partial charge in [-0.15, -0.1) is 0 Å². The highest BCUT2D eigenvalue weighted by molar-refractivity contribution is 6.11. The minimum Gasteiger partial charge on any atom is -0.324 e.